The smallest absolute Gasteiger partial charge is 0.259 e. The van der Waals surface area contributed by atoms with Gasteiger partial charge in [-0.2, -0.15) is 0 Å². The largest absolute Gasteiger partial charge is 0.309 e. The van der Waals surface area contributed by atoms with E-state index in [-0.39, 0.29) is 5.91 Å². The van der Waals surface area contributed by atoms with Crippen LogP contribution in [0, 0.1) is 9.81 Å². The summed E-state index contributed by atoms with van der Waals surface area (Å²) in [5.74, 6) is 0.0715. The topological polar surface area (TPSA) is 20.3 Å². The predicted molar refractivity (Wildman–Crippen MR) is 85.6 cm³/mol. The molecule has 2 nitrogen and oxygen atoms in total. The van der Waals surface area contributed by atoms with E-state index in [1.807, 2.05) is 54.5 Å². The van der Waals surface area contributed by atoms with Gasteiger partial charge in [-0.3, -0.25) is 4.79 Å². The van der Waals surface area contributed by atoms with Crippen LogP contribution in [-0.4, -0.2) is 12.5 Å². The summed E-state index contributed by atoms with van der Waals surface area (Å²) < 4.78 is 1.14. The van der Waals surface area contributed by atoms with Crippen LogP contribution in [0.3, 0.4) is 0 Å². The highest BCUT2D eigenvalue weighted by Crippen LogP contribution is 2.22. The second-order valence-electron chi connectivity index (χ2n) is 4.03. The van der Waals surface area contributed by atoms with Crippen molar-refractivity contribution in [3.63, 3.8) is 0 Å². The standard InChI is InChI=1S/C14H14INOS/c1-3-16(12-6-4-5-10(2)7-12)14(17)11-8-13(15)18-9-11/h4-9H,3H2,1-2H3. The Morgan fingerprint density at radius 2 is 2.17 bits per heavy atom. The van der Waals surface area contributed by atoms with Crippen molar-refractivity contribution in [2.45, 2.75) is 13.8 Å². The van der Waals surface area contributed by atoms with Crippen molar-refractivity contribution in [1.29, 1.82) is 0 Å². The molecule has 0 saturated heterocycles. The number of hydrogen-bond acceptors (Lipinski definition) is 2. The summed E-state index contributed by atoms with van der Waals surface area (Å²) in [6.07, 6.45) is 0. The van der Waals surface area contributed by atoms with Gasteiger partial charge in [0, 0.05) is 17.6 Å². The molecule has 0 bridgehead atoms. The zero-order valence-corrected chi connectivity index (χ0v) is 13.3. The van der Waals surface area contributed by atoms with Gasteiger partial charge < -0.3 is 4.90 Å². The van der Waals surface area contributed by atoms with E-state index in [0.29, 0.717) is 6.54 Å². The maximum atomic E-state index is 12.4. The molecule has 0 unspecified atom stereocenters. The first-order valence-electron chi connectivity index (χ1n) is 5.74. The minimum Gasteiger partial charge on any atom is -0.309 e. The predicted octanol–water partition coefficient (Wildman–Crippen LogP) is 4.33. The molecule has 0 fully saturated rings. The number of aryl methyl sites for hydroxylation is 1. The molecule has 1 amide bonds. The van der Waals surface area contributed by atoms with Gasteiger partial charge in [0.1, 0.15) is 0 Å². The van der Waals surface area contributed by atoms with E-state index in [1.165, 1.54) is 5.56 Å². The second-order valence-corrected chi connectivity index (χ2v) is 6.83. The van der Waals surface area contributed by atoms with E-state index in [1.54, 1.807) is 11.3 Å². The summed E-state index contributed by atoms with van der Waals surface area (Å²) in [7, 11) is 0. The van der Waals surface area contributed by atoms with Gasteiger partial charge >= 0.3 is 0 Å². The average molecular weight is 371 g/mol. The molecule has 1 aromatic carbocycles. The van der Waals surface area contributed by atoms with Crippen LogP contribution in [0.1, 0.15) is 22.8 Å². The number of anilines is 1. The van der Waals surface area contributed by atoms with E-state index < -0.39 is 0 Å². The van der Waals surface area contributed by atoms with Crippen molar-refractivity contribution in [2.24, 2.45) is 0 Å². The van der Waals surface area contributed by atoms with Crippen LogP contribution in [0.4, 0.5) is 5.69 Å². The first-order chi connectivity index (χ1) is 8.61. The number of hydrogen-bond donors (Lipinski definition) is 0. The molecule has 4 heteroatoms. The molecular weight excluding hydrogens is 357 g/mol. The fourth-order valence-corrected chi connectivity index (χ4v) is 3.14. The van der Waals surface area contributed by atoms with Crippen molar-refractivity contribution in [3.8, 4) is 0 Å². The SMILES string of the molecule is CCN(C(=O)c1csc(I)c1)c1cccc(C)c1. The van der Waals surface area contributed by atoms with Crippen molar-refractivity contribution >= 4 is 45.5 Å². The van der Waals surface area contributed by atoms with Gasteiger partial charge in [0.05, 0.1) is 8.45 Å². The van der Waals surface area contributed by atoms with Gasteiger partial charge in [-0.15, -0.1) is 11.3 Å². The summed E-state index contributed by atoms with van der Waals surface area (Å²) in [4.78, 5) is 14.2. The maximum absolute atomic E-state index is 12.4. The average Bonchev–Trinajstić information content (AvgIpc) is 2.77. The zero-order chi connectivity index (χ0) is 13.1. The molecule has 0 N–H and O–H groups in total. The number of halogens is 1. The lowest BCUT2D eigenvalue weighted by atomic mass is 10.2. The van der Waals surface area contributed by atoms with E-state index in [2.05, 4.69) is 22.6 Å². The van der Waals surface area contributed by atoms with Gasteiger partial charge in [-0.05, 0) is 60.2 Å². The molecule has 0 saturated carbocycles. The van der Waals surface area contributed by atoms with E-state index >= 15 is 0 Å². The Balaban J connectivity index is 2.31. The molecule has 0 spiro atoms. The lowest BCUT2D eigenvalue weighted by molar-refractivity contribution is 0.0988. The fourth-order valence-electron chi connectivity index (χ4n) is 1.82. The molecule has 2 rings (SSSR count). The van der Waals surface area contributed by atoms with Gasteiger partial charge in [0.15, 0.2) is 0 Å². The van der Waals surface area contributed by atoms with Gasteiger partial charge in [0.2, 0.25) is 0 Å². The van der Waals surface area contributed by atoms with Crippen LogP contribution in [0.5, 0.6) is 0 Å². The summed E-state index contributed by atoms with van der Waals surface area (Å²) in [5, 5.41) is 1.92. The molecule has 0 atom stereocenters. The highest BCUT2D eigenvalue weighted by Gasteiger charge is 2.17. The van der Waals surface area contributed by atoms with Crippen LogP contribution in [0.25, 0.3) is 0 Å². The minimum atomic E-state index is 0.0715. The monoisotopic (exact) mass is 371 g/mol. The van der Waals surface area contributed by atoms with E-state index in [4.69, 9.17) is 0 Å². The third-order valence-electron chi connectivity index (χ3n) is 2.69. The molecule has 94 valence electrons. The van der Waals surface area contributed by atoms with Gasteiger partial charge in [0.25, 0.3) is 5.91 Å². The minimum absolute atomic E-state index is 0.0715. The number of rotatable bonds is 3. The Hall–Kier alpha value is -0.880. The first-order valence-corrected chi connectivity index (χ1v) is 7.70. The number of benzene rings is 1. The lowest BCUT2D eigenvalue weighted by Crippen LogP contribution is -2.30. The Kier molecular flexibility index (Phi) is 4.40. The Labute approximate surface area is 125 Å². The van der Waals surface area contributed by atoms with Crippen LogP contribution in [-0.2, 0) is 0 Å². The highest BCUT2D eigenvalue weighted by molar-refractivity contribution is 14.1. The summed E-state index contributed by atoms with van der Waals surface area (Å²) >= 11 is 3.84. The molecule has 2 aromatic rings. The molecule has 0 radical (unpaired) electrons. The Morgan fingerprint density at radius 3 is 2.72 bits per heavy atom. The number of thiophene rings is 1. The molecule has 18 heavy (non-hydrogen) atoms. The first kappa shape index (κ1) is 13.5. The molecular formula is C14H14INOS. The molecule has 0 aliphatic heterocycles. The molecule has 0 aliphatic carbocycles. The van der Waals surface area contributed by atoms with Crippen LogP contribution < -0.4 is 4.90 Å². The molecule has 1 heterocycles. The number of carbonyl (C=O) groups is 1. The van der Waals surface area contributed by atoms with Crippen LogP contribution in [0.15, 0.2) is 35.7 Å². The van der Waals surface area contributed by atoms with E-state index in [9.17, 15) is 4.79 Å². The van der Waals surface area contributed by atoms with Gasteiger partial charge in [-0.1, -0.05) is 12.1 Å². The van der Waals surface area contributed by atoms with Crippen molar-refractivity contribution < 1.29 is 4.79 Å². The zero-order valence-electron chi connectivity index (χ0n) is 10.3. The Bertz CT molecular complexity index is 564. The maximum Gasteiger partial charge on any atom is 0.259 e. The number of nitrogens with zero attached hydrogens (tertiary/aromatic N) is 1. The fraction of sp³-hybridized carbons (Fsp3) is 0.214. The Morgan fingerprint density at radius 1 is 1.39 bits per heavy atom. The number of amides is 1. The van der Waals surface area contributed by atoms with Crippen LogP contribution in [0.2, 0.25) is 0 Å². The molecule has 0 aliphatic rings. The third-order valence-corrected chi connectivity index (χ3v) is 4.48. The number of carbonyl (C=O) groups excluding carboxylic acids is 1. The quantitative estimate of drug-likeness (QED) is 0.736. The summed E-state index contributed by atoms with van der Waals surface area (Å²) in [6.45, 7) is 4.71. The van der Waals surface area contributed by atoms with E-state index in [0.717, 1.165) is 14.1 Å². The second kappa shape index (κ2) is 5.84. The highest BCUT2D eigenvalue weighted by atomic mass is 127. The summed E-state index contributed by atoms with van der Waals surface area (Å²) in [6, 6.07) is 9.98. The van der Waals surface area contributed by atoms with Gasteiger partial charge in [-0.25, -0.2) is 0 Å². The van der Waals surface area contributed by atoms with Crippen molar-refractivity contribution in [3.05, 3.63) is 49.7 Å². The molecule has 1 aromatic heterocycles. The van der Waals surface area contributed by atoms with Crippen molar-refractivity contribution in [1.82, 2.24) is 0 Å². The summed E-state index contributed by atoms with van der Waals surface area (Å²) in [5.41, 5.74) is 2.90. The normalized spacial score (nSPS) is 10.4. The van der Waals surface area contributed by atoms with Crippen molar-refractivity contribution in [2.75, 3.05) is 11.4 Å². The third kappa shape index (κ3) is 2.92. The lowest BCUT2D eigenvalue weighted by Gasteiger charge is -2.20. The van der Waals surface area contributed by atoms with Crippen LogP contribution >= 0.6 is 33.9 Å².